The number of benzene rings is 1. The molecule has 0 saturated heterocycles. The Bertz CT molecular complexity index is 503. The van der Waals surface area contributed by atoms with Crippen molar-refractivity contribution in [1.82, 2.24) is 5.32 Å². The number of nitrogens with one attached hydrogen (secondary N) is 1. The Morgan fingerprint density at radius 2 is 1.90 bits per heavy atom. The molecule has 0 aromatic heterocycles. The molecule has 1 aromatic carbocycles. The van der Waals surface area contributed by atoms with Crippen molar-refractivity contribution in [2.75, 3.05) is 6.54 Å². The number of carbonyl (C=O) groups excluding carboxylic acids is 3. The number of rotatable bonds is 7. The molecule has 0 aliphatic rings. The van der Waals surface area contributed by atoms with Crippen LogP contribution in [0.4, 0.5) is 0 Å². The lowest BCUT2D eigenvalue weighted by Gasteiger charge is -2.08. The van der Waals surface area contributed by atoms with E-state index >= 15 is 0 Å². The van der Waals surface area contributed by atoms with Crippen molar-refractivity contribution in [2.24, 2.45) is 5.73 Å². The maximum Gasteiger partial charge on any atom is 0.252 e. The van der Waals surface area contributed by atoms with Crippen LogP contribution in [0.15, 0.2) is 29.2 Å². The van der Waals surface area contributed by atoms with Gasteiger partial charge < -0.3 is 11.1 Å². The highest BCUT2D eigenvalue weighted by Gasteiger charge is 2.13. The summed E-state index contributed by atoms with van der Waals surface area (Å²) in [5.74, 6) is -0.773. The Hall–Kier alpha value is -1.82. The fourth-order valence-corrected chi connectivity index (χ4v) is 2.48. The molecule has 1 rings (SSSR count). The standard InChI is InChI=1S/C14H18N2O3S/c1-2-5-13(18)20-11-7-4-3-6-10(11)14(19)16-9-8-12(15)17/h3-4,6-7H,2,5,8-9H2,1H3,(H2,15,17)(H,16,19). The number of hydrogen-bond donors (Lipinski definition) is 2. The lowest BCUT2D eigenvalue weighted by atomic mass is 10.2. The molecule has 1 aromatic rings. The third kappa shape index (κ3) is 5.44. The maximum absolute atomic E-state index is 12.0. The molecule has 0 saturated carbocycles. The normalized spacial score (nSPS) is 10.1. The number of nitrogens with two attached hydrogens (primary N) is 1. The van der Waals surface area contributed by atoms with Crippen LogP contribution in [0.25, 0.3) is 0 Å². The summed E-state index contributed by atoms with van der Waals surface area (Å²) in [5.41, 5.74) is 5.44. The predicted octanol–water partition coefficient (Wildman–Crippen LogP) is 1.71. The number of hydrogen-bond acceptors (Lipinski definition) is 4. The van der Waals surface area contributed by atoms with E-state index in [2.05, 4.69) is 5.32 Å². The molecule has 0 aliphatic carbocycles. The van der Waals surface area contributed by atoms with Crippen molar-refractivity contribution in [2.45, 2.75) is 31.1 Å². The topological polar surface area (TPSA) is 89.3 Å². The van der Waals surface area contributed by atoms with Crippen molar-refractivity contribution in [3.63, 3.8) is 0 Å². The number of thioether (sulfide) groups is 1. The van der Waals surface area contributed by atoms with E-state index < -0.39 is 5.91 Å². The van der Waals surface area contributed by atoms with Gasteiger partial charge in [-0.15, -0.1) is 0 Å². The summed E-state index contributed by atoms with van der Waals surface area (Å²) in [7, 11) is 0. The zero-order chi connectivity index (χ0) is 15.0. The van der Waals surface area contributed by atoms with Gasteiger partial charge in [0.2, 0.25) is 5.91 Å². The summed E-state index contributed by atoms with van der Waals surface area (Å²) in [6.45, 7) is 2.12. The number of amides is 2. The maximum atomic E-state index is 12.0. The van der Waals surface area contributed by atoms with Crippen LogP contribution in [0, 0.1) is 0 Å². The van der Waals surface area contributed by atoms with Crippen molar-refractivity contribution in [3.05, 3.63) is 29.8 Å². The van der Waals surface area contributed by atoms with E-state index in [9.17, 15) is 14.4 Å². The summed E-state index contributed by atoms with van der Waals surface area (Å²) in [6, 6.07) is 6.90. The van der Waals surface area contributed by atoms with Gasteiger partial charge in [-0.3, -0.25) is 14.4 Å². The molecule has 0 spiro atoms. The summed E-state index contributed by atoms with van der Waals surface area (Å²) >= 11 is 1.07. The van der Waals surface area contributed by atoms with Crippen molar-refractivity contribution < 1.29 is 14.4 Å². The molecular weight excluding hydrogens is 276 g/mol. The first-order chi connectivity index (χ1) is 9.54. The molecule has 20 heavy (non-hydrogen) atoms. The van der Waals surface area contributed by atoms with Gasteiger partial charge in [0.25, 0.3) is 5.91 Å². The molecular formula is C14H18N2O3S. The molecule has 0 atom stereocenters. The van der Waals surface area contributed by atoms with Crippen molar-refractivity contribution >= 4 is 28.7 Å². The first-order valence-corrected chi connectivity index (χ1v) is 7.22. The van der Waals surface area contributed by atoms with Gasteiger partial charge in [0, 0.05) is 24.3 Å². The second-order valence-electron chi connectivity index (χ2n) is 4.19. The van der Waals surface area contributed by atoms with E-state index in [0.29, 0.717) is 16.9 Å². The summed E-state index contributed by atoms with van der Waals surface area (Å²) in [4.78, 5) is 34.9. The van der Waals surface area contributed by atoms with Gasteiger partial charge in [0.1, 0.15) is 0 Å². The minimum Gasteiger partial charge on any atom is -0.370 e. The molecule has 5 nitrogen and oxygen atoms in total. The van der Waals surface area contributed by atoms with Crippen LogP contribution in [-0.4, -0.2) is 23.5 Å². The molecule has 0 unspecified atom stereocenters. The largest absolute Gasteiger partial charge is 0.370 e. The van der Waals surface area contributed by atoms with Crippen LogP contribution in [0.5, 0.6) is 0 Å². The SMILES string of the molecule is CCCC(=O)Sc1ccccc1C(=O)NCCC(N)=O. The van der Waals surface area contributed by atoms with E-state index in [1.165, 1.54) is 0 Å². The lowest BCUT2D eigenvalue weighted by molar-refractivity contribution is -0.117. The summed E-state index contributed by atoms with van der Waals surface area (Å²) < 4.78 is 0. The highest BCUT2D eigenvalue weighted by atomic mass is 32.2. The Kier molecular flexibility index (Phi) is 6.79. The van der Waals surface area contributed by atoms with E-state index in [1.807, 2.05) is 6.92 Å². The zero-order valence-electron chi connectivity index (χ0n) is 11.3. The first-order valence-electron chi connectivity index (χ1n) is 6.40. The highest BCUT2D eigenvalue weighted by Crippen LogP contribution is 2.24. The first kappa shape index (κ1) is 16.2. The molecule has 108 valence electrons. The Morgan fingerprint density at radius 1 is 1.20 bits per heavy atom. The second-order valence-corrected chi connectivity index (χ2v) is 5.29. The zero-order valence-corrected chi connectivity index (χ0v) is 12.2. The number of carbonyl (C=O) groups is 3. The minimum absolute atomic E-state index is 0.0323. The van der Waals surface area contributed by atoms with Gasteiger partial charge in [-0.2, -0.15) is 0 Å². The van der Waals surface area contributed by atoms with Gasteiger partial charge >= 0.3 is 0 Å². The summed E-state index contributed by atoms with van der Waals surface area (Å²) in [5, 5.41) is 2.64. The van der Waals surface area contributed by atoms with Crippen LogP contribution >= 0.6 is 11.8 Å². The molecule has 3 N–H and O–H groups in total. The molecule has 2 amide bonds. The van der Waals surface area contributed by atoms with Crippen LogP contribution in [0.2, 0.25) is 0 Å². The van der Waals surface area contributed by atoms with Gasteiger partial charge in [0.05, 0.1) is 5.56 Å². The van der Waals surface area contributed by atoms with Crippen LogP contribution in [0.3, 0.4) is 0 Å². The third-order valence-electron chi connectivity index (χ3n) is 2.47. The van der Waals surface area contributed by atoms with Gasteiger partial charge in [0.15, 0.2) is 5.12 Å². The van der Waals surface area contributed by atoms with E-state index in [1.54, 1.807) is 24.3 Å². The molecule has 6 heteroatoms. The predicted molar refractivity (Wildman–Crippen MR) is 78.4 cm³/mol. The van der Waals surface area contributed by atoms with Crippen LogP contribution in [-0.2, 0) is 9.59 Å². The summed E-state index contributed by atoms with van der Waals surface area (Å²) in [6.07, 6.45) is 1.34. The Morgan fingerprint density at radius 3 is 2.55 bits per heavy atom. The lowest BCUT2D eigenvalue weighted by Crippen LogP contribution is -2.28. The average molecular weight is 294 g/mol. The van der Waals surface area contributed by atoms with E-state index in [0.717, 1.165) is 18.2 Å². The molecule has 0 radical (unpaired) electrons. The Balaban J connectivity index is 2.71. The molecule has 0 heterocycles. The monoisotopic (exact) mass is 294 g/mol. The molecule has 0 fully saturated rings. The van der Waals surface area contributed by atoms with Crippen molar-refractivity contribution in [1.29, 1.82) is 0 Å². The molecule has 0 bridgehead atoms. The second kappa shape index (κ2) is 8.37. The third-order valence-corrected chi connectivity index (χ3v) is 3.47. The quantitative estimate of drug-likeness (QED) is 0.749. The Labute approximate surface area is 122 Å². The van der Waals surface area contributed by atoms with Gasteiger partial charge in [-0.05, 0) is 18.6 Å². The fourth-order valence-electron chi connectivity index (χ4n) is 1.52. The number of primary amides is 1. The van der Waals surface area contributed by atoms with Gasteiger partial charge in [-0.25, -0.2) is 0 Å². The average Bonchev–Trinajstić information content (AvgIpc) is 2.39. The van der Waals surface area contributed by atoms with Gasteiger partial charge in [-0.1, -0.05) is 30.8 Å². The fraction of sp³-hybridized carbons (Fsp3) is 0.357. The van der Waals surface area contributed by atoms with E-state index in [4.69, 9.17) is 5.73 Å². The van der Waals surface area contributed by atoms with Crippen molar-refractivity contribution in [3.8, 4) is 0 Å². The van der Waals surface area contributed by atoms with Crippen LogP contribution < -0.4 is 11.1 Å². The molecule has 0 aliphatic heterocycles. The highest BCUT2D eigenvalue weighted by molar-refractivity contribution is 8.13. The smallest absolute Gasteiger partial charge is 0.252 e. The van der Waals surface area contributed by atoms with E-state index in [-0.39, 0.29) is 24.0 Å². The van der Waals surface area contributed by atoms with Crippen LogP contribution in [0.1, 0.15) is 36.5 Å². The minimum atomic E-state index is -0.467.